The Kier molecular flexibility index (Phi) is 3.45. The van der Waals surface area contributed by atoms with Gasteiger partial charge in [0.15, 0.2) is 0 Å². The van der Waals surface area contributed by atoms with Crippen molar-refractivity contribution < 1.29 is 4.74 Å². The lowest BCUT2D eigenvalue weighted by molar-refractivity contribution is 0.420. The zero-order chi connectivity index (χ0) is 13.8. The summed E-state index contributed by atoms with van der Waals surface area (Å²) in [6, 6.07) is 7.89. The molecule has 2 aromatic heterocycles. The minimum Gasteiger partial charge on any atom is -0.496 e. The summed E-state index contributed by atoms with van der Waals surface area (Å²) < 4.78 is 5.37. The predicted octanol–water partition coefficient (Wildman–Crippen LogP) is 2.02. The Bertz CT molecular complexity index is 696. The maximum atomic E-state index is 5.37. The van der Waals surface area contributed by atoms with Gasteiger partial charge < -0.3 is 10.1 Å². The second-order valence-corrected chi connectivity index (χ2v) is 4.32. The number of ether oxygens (including phenoxy) is 1. The van der Waals surface area contributed by atoms with Crippen LogP contribution in [0.1, 0.15) is 5.82 Å². The van der Waals surface area contributed by atoms with Crippen LogP contribution in [-0.4, -0.2) is 33.8 Å². The number of methoxy groups -OCH3 is 1. The second kappa shape index (κ2) is 5.56. The van der Waals surface area contributed by atoms with E-state index in [2.05, 4.69) is 25.5 Å². The molecule has 0 aliphatic carbocycles. The molecule has 20 heavy (non-hydrogen) atoms. The minimum atomic E-state index is 0.735. The van der Waals surface area contributed by atoms with Crippen molar-refractivity contribution in [3.8, 4) is 5.75 Å². The van der Waals surface area contributed by atoms with Gasteiger partial charge in [-0.2, -0.15) is 5.10 Å². The van der Waals surface area contributed by atoms with Crippen LogP contribution in [-0.2, 0) is 6.42 Å². The lowest BCUT2D eigenvalue weighted by atomic mass is 10.1. The van der Waals surface area contributed by atoms with Gasteiger partial charge >= 0.3 is 0 Å². The Labute approximate surface area is 116 Å². The van der Waals surface area contributed by atoms with Gasteiger partial charge in [-0.25, -0.2) is 9.97 Å². The minimum absolute atomic E-state index is 0.735. The summed E-state index contributed by atoms with van der Waals surface area (Å²) in [5.74, 6) is 2.56. The zero-order valence-corrected chi connectivity index (χ0v) is 11.1. The molecule has 3 aromatic rings. The van der Waals surface area contributed by atoms with E-state index in [4.69, 9.17) is 4.74 Å². The molecule has 0 fully saturated rings. The largest absolute Gasteiger partial charge is 0.496 e. The van der Waals surface area contributed by atoms with E-state index >= 15 is 0 Å². The van der Waals surface area contributed by atoms with Crippen LogP contribution < -0.4 is 10.1 Å². The summed E-state index contributed by atoms with van der Waals surface area (Å²) in [6.45, 7) is 0.735. The highest BCUT2D eigenvalue weighted by Gasteiger charge is 2.06. The van der Waals surface area contributed by atoms with Gasteiger partial charge in [-0.05, 0) is 12.1 Å². The molecule has 0 spiro atoms. The van der Waals surface area contributed by atoms with Crippen molar-refractivity contribution in [2.24, 2.45) is 0 Å². The van der Waals surface area contributed by atoms with Crippen molar-refractivity contribution >= 4 is 16.6 Å². The third kappa shape index (κ3) is 2.40. The number of pyridine rings is 1. The molecule has 6 heteroatoms. The smallest absolute Gasteiger partial charge is 0.137 e. The average Bonchev–Trinajstić information content (AvgIpc) is 3.00. The Balaban J connectivity index is 1.81. The molecule has 0 unspecified atom stereocenters. The van der Waals surface area contributed by atoms with Crippen molar-refractivity contribution in [2.75, 3.05) is 19.0 Å². The van der Waals surface area contributed by atoms with Crippen LogP contribution in [0, 0.1) is 0 Å². The summed E-state index contributed by atoms with van der Waals surface area (Å²) >= 11 is 0. The van der Waals surface area contributed by atoms with Crippen LogP contribution in [0.15, 0.2) is 36.8 Å². The van der Waals surface area contributed by atoms with Crippen LogP contribution in [0.4, 0.5) is 5.82 Å². The van der Waals surface area contributed by atoms with E-state index in [0.717, 1.165) is 41.1 Å². The van der Waals surface area contributed by atoms with Crippen molar-refractivity contribution in [2.45, 2.75) is 6.42 Å². The second-order valence-electron chi connectivity index (χ2n) is 4.32. The first-order valence-corrected chi connectivity index (χ1v) is 6.38. The molecule has 2 N–H and O–H groups in total. The molecule has 1 aromatic carbocycles. The molecule has 0 amide bonds. The number of hydrogen-bond acceptors (Lipinski definition) is 5. The van der Waals surface area contributed by atoms with Gasteiger partial charge in [0.1, 0.15) is 23.7 Å². The number of aromatic amines is 1. The number of fused-ring (bicyclic) bond motifs is 1. The summed E-state index contributed by atoms with van der Waals surface area (Å²) in [7, 11) is 1.67. The maximum absolute atomic E-state index is 5.37. The maximum Gasteiger partial charge on any atom is 0.137 e. The highest BCUT2D eigenvalue weighted by molar-refractivity contribution is 5.95. The first-order valence-electron chi connectivity index (χ1n) is 6.38. The Morgan fingerprint density at radius 2 is 2.15 bits per heavy atom. The van der Waals surface area contributed by atoms with Crippen LogP contribution in [0.25, 0.3) is 10.8 Å². The van der Waals surface area contributed by atoms with Gasteiger partial charge in [-0.15, -0.1) is 0 Å². The van der Waals surface area contributed by atoms with Gasteiger partial charge in [0.2, 0.25) is 0 Å². The van der Waals surface area contributed by atoms with Crippen LogP contribution in [0.5, 0.6) is 5.75 Å². The SMILES string of the molecule is COc1cccc2c(NCCc3ncn[nH]3)nccc12. The van der Waals surface area contributed by atoms with Crippen LogP contribution >= 0.6 is 0 Å². The summed E-state index contributed by atoms with van der Waals surface area (Å²) in [5.41, 5.74) is 0. The zero-order valence-electron chi connectivity index (χ0n) is 11.1. The highest BCUT2D eigenvalue weighted by Crippen LogP contribution is 2.28. The van der Waals surface area contributed by atoms with Gasteiger partial charge in [0, 0.05) is 29.9 Å². The van der Waals surface area contributed by atoms with Gasteiger partial charge in [-0.3, -0.25) is 5.10 Å². The number of aromatic nitrogens is 4. The van der Waals surface area contributed by atoms with E-state index in [1.165, 1.54) is 6.33 Å². The predicted molar refractivity (Wildman–Crippen MR) is 76.9 cm³/mol. The first-order chi connectivity index (χ1) is 9.88. The molecule has 0 aliphatic rings. The fourth-order valence-electron chi connectivity index (χ4n) is 2.15. The number of benzene rings is 1. The lowest BCUT2D eigenvalue weighted by Gasteiger charge is -2.10. The molecule has 0 saturated heterocycles. The Morgan fingerprint density at radius 1 is 1.20 bits per heavy atom. The third-order valence-corrected chi connectivity index (χ3v) is 3.11. The fourth-order valence-corrected chi connectivity index (χ4v) is 2.15. The molecular weight excluding hydrogens is 254 g/mol. The van der Waals surface area contributed by atoms with Crippen LogP contribution in [0.3, 0.4) is 0 Å². The molecule has 6 nitrogen and oxygen atoms in total. The number of anilines is 1. The van der Waals surface area contributed by atoms with Gasteiger partial charge in [-0.1, -0.05) is 12.1 Å². The quantitative estimate of drug-likeness (QED) is 0.741. The fraction of sp³-hybridized carbons (Fsp3) is 0.214. The van der Waals surface area contributed by atoms with Gasteiger partial charge in [0.25, 0.3) is 0 Å². The summed E-state index contributed by atoms with van der Waals surface area (Å²) in [4.78, 5) is 8.48. The van der Waals surface area contributed by atoms with Crippen molar-refractivity contribution in [3.63, 3.8) is 0 Å². The number of nitrogens with one attached hydrogen (secondary N) is 2. The van der Waals surface area contributed by atoms with E-state index in [1.54, 1.807) is 13.3 Å². The molecule has 3 rings (SSSR count). The first kappa shape index (κ1) is 12.4. The Hall–Kier alpha value is -2.63. The number of hydrogen-bond donors (Lipinski definition) is 2. The van der Waals surface area contributed by atoms with E-state index in [9.17, 15) is 0 Å². The van der Waals surface area contributed by atoms with E-state index in [-0.39, 0.29) is 0 Å². The van der Waals surface area contributed by atoms with Crippen molar-refractivity contribution in [1.29, 1.82) is 0 Å². The standard InChI is InChI=1S/C14H15N5O/c1-20-12-4-2-3-11-10(12)5-7-15-14(11)16-8-6-13-17-9-18-19-13/h2-5,7,9H,6,8H2,1H3,(H,15,16)(H,17,18,19). The lowest BCUT2D eigenvalue weighted by Crippen LogP contribution is -2.07. The van der Waals surface area contributed by atoms with E-state index < -0.39 is 0 Å². The third-order valence-electron chi connectivity index (χ3n) is 3.11. The molecule has 0 aliphatic heterocycles. The molecule has 102 valence electrons. The normalized spacial score (nSPS) is 10.7. The van der Waals surface area contributed by atoms with E-state index in [0.29, 0.717) is 0 Å². The molecule has 0 saturated carbocycles. The summed E-state index contributed by atoms with van der Waals surface area (Å²) in [6.07, 6.45) is 4.06. The number of H-pyrrole nitrogens is 1. The molecule has 0 bridgehead atoms. The number of rotatable bonds is 5. The van der Waals surface area contributed by atoms with Crippen molar-refractivity contribution in [1.82, 2.24) is 20.2 Å². The summed E-state index contributed by atoms with van der Waals surface area (Å²) in [5, 5.41) is 12.1. The van der Waals surface area contributed by atoms with Gasteiger partial charge in [0.05, 0.1) is 7.11 Å². The highest BCUT2D eigenvalue weighted by atomic mass is 16.5. The Morgan fingerprint density at radius 3 is 2.95 bits per heavy atom. The number of nitrogens with zero attached hydrogens (tertiary/aromatic N) is 3. The average molecular weight is 269 g/mol. The molecule has 0 radical (unpaired) electrons. The molecule has 2 heterocycles. The van der Waals surface area contributed by atoms with Crippen molar-refractivity contribution in [3.05, 3.63) is 42.6 Å². The molecule has 0 atom stereocenters. The van der Waals surface area contributed by atoms with E-state index in [1.807, 2.05) is 24.3 Å². The topological polar surface area (TPSA) is 75.7 Å². The van der Waals surface area contributed by atoms with Crippen LogP contribution in [0.2, 0.25) is 0 Å². The molecular formula is C14H15N5O. The monoisotopic (exact) mass is 269 g/mol.